The van der Waals surface area contributed by atoms with Gasteiger partial charge in [-0.25, -0.2) is 4.79 Å². The molecule has 4 bridgehead atoms. The van der Waals surface area contributed by atoms with Gasteiger partial charge >= 0.3 is 5.97 Å². The number of unbranched alkanes of at least 4 members (excludes halogenated alkanes) is 2. The monoisotopic (exact) mass is 938 g/mol. The summed E-state index contributed by atoms with van der Waals surface area (Å²) in [5.74, 6) is -3.67. The van der Waals surface area contributed by atoms with E-state index in [-0.39, 0.29) is 43.4 Å². The highest BCUT2D eigenvalue weighted by Crippen LogP contribution is 2.42. The van der Waals surface area contributed by atoms with E-state index in [1.165, 1.54) is 6.08 Å². The number of carbonyl (C=O) groups is 1. The number of aliphatic imine (C=N–C) groups is 1. The van der Waals surface area contributed by atoms with Crippen molar-refractivity contribution in [1.29, 1.82) is 0 Å². The zero-order valence-corrected chi connectivity index (χ0v) is 41.4. The van der Waals surface area contributed by atoms with E-state index in [4.69, 9.17) is 19.9 Å². The van der Waals surface area contributed by atoms with Gasteiger partial charge in [0.15, 0.2) is 11.7 Å². The average Bonchev–Trinajstić information content (AvgIpc) is 3.26. The zero-order valence-electron chi connectivity index (χ0n) is 41.4. The van der Waals surface area contributed by atoms with Crippen molar-refractivity contribution in [3.63, 3.8) is 0 Å². The molecule has 19 unspecified atom stereocenters. The highest BCUT2D eigenvalue weighted by Gasteiger charge is 2.55. The minimum Gasteiger partial charge on any atom is -0.458 e. The van der Waals surface area contributed by atoms with Crippen LogP contribution in [0.5, 0.6) is 0 Å². The van der Waals surface area contributed by atoms with Crippen molar-refractivity contribution in [1.82, 2.24) is 5.32 Å². The van der Waals surface area contributed by atoms with Crippen LogP contribution >= 0.6 is 0 Å². The molecule has 11 N–H and O–H groups in total. The van der Waals surface area contributed by atoms with E-state index < -0.39 is 96.7 Å². The molecule has 0 saturated carbocycles. The second-order valence-corrected chi connectivity index (χ2v) is 20.5. The number of allylic oxidation sites excluding steroid dienone is 2. The van der Waals surface area contributed by atoms with Gasteiger partial charge in [-0.3, -0.25) is 4.99 Å². The Kier molecular flexibility index (Phi) is 25.3. The van der Waals surface area contributed by atoms with Gasteiger partial charge in [-0.05, 0) is 88.4 Å². The molecule has 4 aliphatic heterocycles. The zero-order chi connectivity index (χ0) is 49.1. The number of hydrogen-bond donors (Lipinski definition) is 10. The number of guanidine groups is 1. The maximum atomic E-state index is 13.4. The summed E-state index contributed by atoms with van der Waals surface area (Å²) in [7, 11) is 1.65. The lowest BCUT2D eigenvalue weighted by atomic mass is 9.81. The molecule has 15 nitrogen and oxygen atoms in total. The lowest BCUT2D eigenvalue weighted by molar-refractivity contribution is -0.371. The molecule has 15 heteroatoms. The summed E-state index contributed by atoms with van der Waals surface area (Å²) in [5, 5.41) is 91.9. The molecule has 4 rings (SSSR count). The first-order chi connectivity index (χ1) is 31.1. The minimum absolute atomic E-state index is 0.0159. The average molecular weight is 938 g/mol. The van der Waals surface area contributed by atoms with E-state index in [1.807, 2.05) is 19.9 Å². The molecule has 4 aliphatic rings. The summed E-state index contributed by atoms with van der Waals surface area (Å²) >= 11 is 0. The van der Waals surface area contributed by atoms with E-state index in [1.54, 1.807) is 40.0 Å². The third kappa shape index (κ3) is 19.2. The summed E-state index contributed by atoms with van der Waals surface area (Å²) in [6, 6.07) is 0. The third-order valence-corrected chi connectivity index (χ3v) is 14.7. The van der Waals surface area contributed by atoms with Gasteiger partial charge in [-0.15, -0.1) is 0 Å². The molecule has 0 radical (unpaired) electrons. The van der Waals surface area contributed by atoms with Crippen molar-refractivity contribution in [3.8, 4) is 0 Å². The normalized spacial score (nSPS) is 39.9. The smallest absolute Gasteiger partial charge is 0.330 e. The molecule has 0 spiro atoms. The van der Waals surface area contributed by atoms with Crippen LogP contribution in [-0.4, -0.2) is 139 Å². The summed E-state index contributed by atoms with van der Waals surface area (Å²) in [5.41, 5.74) is 5.68. The van der Waals surface area contributed by atoms with Crippen LogP contribution in [-0.2, 0) is 19.0 Å². The van der Waals surface area contributed by atoms with Crippen molar-refractivity contribution >= 4 is 11.9 Å². The van der Waals surface area contributed by atoms with Gasteiger partial charge in [0.25, 0.3) is 0 Å². The molecule has 0 aromatic heterocycles. The molecular formula is C51H91N3O12. The number of ether oxygens (including phenoxy) is 3. The van der Waals surface area contributed by atoms with Crippen LogP contribution in [0.2, 0.25) is 0 Å². The number of aliphatic hydroxyl groups excluding tert-OH is 7. The van der Waals surface area contributed by atoms with E-state index in [0.29, 0.717) is 44.0 Å². The Balaban J connectivity index is 1.73. The molecule has 4 heterocycles. The fourth-order valence-corrected chi connectivity index (χ4v) is 9.78. The Labute approximate surface area is 396 Å². The van der Waals surface area contributed by atoms with Gasteiger partial charge in [0, 0.05) is 62.6 Å². The van der Waals surface area contributed by atoms with Gasteiger partial charge in [0.05, 0.1) is 54.9 Å². The topological polar surface area (TPSA) is 257 Å². The lowest BCUT2D eigenvalue weighted by Crippen LogP contribution is -2.65. The van der Waals surface area contributed by atoms with E-state index >= 15 is 0 Å². The van der Waals surface area contributed by atoms with Crippen LogP contribution in [0.15, 0.2) is 41.4 Å². The minimum atomic E-state index is -1.86. The number of carbonyl (C=O) groups excluding carboxylic acids is 1. The molecule has 0 aromatic carbocycles. The van der Waals surface area contributed by atoms with Crippen molar-refractivity contribution in [2.75, 3.05) is 13.6 Å². The van der Waals surface area contributed by atoms with Crippen molar-refractivity contribution in [2.24, 2.45) is 52.2 Å². The first kappa shape index (κ1) is 57.9. The quantitative estimate of drug-likeness (QED) is 0.0439. The first-order valence-electron chi connectivity index (χ1n) is 25.2. The maximum absolute atomic E-state index is 13.4. The molecule has 0 aromatic rings. The number of rotatable bonds is 11. The number of nitrogens with one attached hydrogen (secondary N) is 1. The van der Waals surface area contributed by atoms with Crippen LogP contribution in [0.3, 0.4) is 0 Å². The largest absolute Gasteiger partial charge is 0.458 e. The predicted molar refractivity (Wildman–Crippen MR) is 257 cm³/mol. The highest BCUT2D eigenvalue weighted by atomic mass is 16.7. The van der Waals surface area contributed by atoms with Gasteiger partial charge < -0.3 is 66.1 Å². The van der Waals surface area contributed by atoms with Crippen LogP contribution in [0.4, 0.5) is 0 Å². The summed E-state index contributed by atoms with van der Waals surface area (Å²) < 4.78 is 18.5. The Hall–Kier alpha value is -2.44. The van der Waals surface area contributed by atoms with Crippen LogP contribution < -0.4 is 11.1 Å². The number of fused-ring (bicyclic) bond motifs is 22. The lowest BCUT2D eigenvalue weighted by Gasteiger charge is -2.52. The van der Waals surface area contributed by atoms with E-state index in [2.05, 4.69) is 36.3 Å². The molecule has 66 heavy (non-hydrogen) atoms. The Bertz CT molecular complexity index is 1520. The van der Waals surface area contributed by atoms with E-state index in [0.717, 1.165) is 45.1 Å². The summed E-state index contributed by atoms with van der Waals surface area (Å²) in [6.07, 6.45) is 9.98. The second kappa shape index (κ2) is 28.9. The fraction of sp³-hybridized carbons (Fsp3) is 0.843. The highest BCUT2D eigenvalue weighted by molar-refractivity contribution is 5.82. The Morgan fingerprint density at radius 3 is 2.20 bits per heavy atom. The SMILES string of the molecule is CN=C(N)NCCCC=CCCCC(C)CC(C)C1OC(=O)C=CC(C)C(O)CC(O)C(C)C(O)CCC(C)C2CC3(O)OC(CC(O)CCCC(O)C(C)C(O)C=CC1C)CC(O2)C3O. The molecular weight excluding hydrogens is 847 g/mol. The number of nitrogens with two attached hydrogens (primary N) is 1. The van der Waals surface area contributed by atoms with Crippen molar-refractivity contribution in [3.05, 3.63) is 36.5 Å². The second-order valence-electron chi connectivity index (χ2n) is 20.5. The predicted octanol–water partition coefficient (Wildman–Crippen LogP) is 4.80. The van der Waals surface area contributed by atoms with Gasteiger partial charge in [-0.1, -0.05) is 85.3 Å². The standard InChI is InChI=1S/C51H91N3O12/c1-31(16-13-11-9-10-12-14-25-54-50(52)53-8)26-35(5)48-34(4)20-23-41(57)36(6)40(56)18-15-17-38(55)27-39-28-45-49(62)51(63,66-39)30-46(64-45)33(3)19-22-42(58)37(7)44(60)29-43(59)32(2)21-24-47(61)65-48/h9-10,20-21,23-24,31-46,48-49,55-60,62-63H,11-19,22,25-30H2,1-8H3,(H3,52,53,54). The molecule has 19 atom stereocenters. The molecule has 2 saturated heterocycles. The van der Waals surface area contributed by atoms with E-state index in [9.17, 15) is 45.6 Å². The Morgan fingerprint density at radius 2 is 1.52 bits per heavy atom. The molecule has 382 valence electrons. The summed E-state index contributed by atoms with van der Waals surface area (Å²) in [6.45, 7) is 14.2. The van der Waals surface area contributed by atoms with Crippen molar-refractivity contribution < 1.29 is 59.9 Å². The Morgan fingerprint density at radius 1 is 0.833 bits per heavy atom. The van der Waals surface area contributed by atoms with Crippen molar-refractivity contribution in [2.45, 2.75) is 218 Å². The number of hydrogen-bond acceptors (Lipinski definition) is 13. The van der Waals surface area contributed by atoms with Gasteiger partial charge in [0.2, 0.25) is 0 Å². The number of esters is 1. The molecule has 2 fully saturated rings. The fourth-order valence-electron chi connectivity index (χ4n) is 9.78. The number of aliphatic hydroxyl groups is 8. The van der Waals surface area contributed by atoms with Crippen LogP contribution in [0, 0.1) is 41.4 Å². The maximum Gasteiger partial charge on any atom is 0.330 e. The van der Waals surface area contributed by atoms with Gasteiger partial charge in [-0.2, -0.15) is 0 Å². The van der Waals surface area contributed by atoms with Crippen LogP contribution in [0.25, 0.3) is 0 Å². The third-order valence-electron chi connectivity index (χ3n) is 14.7. The molecule has 0 amide bonds. The van der Waals surface area contributed by atoms with Crippen LogP contribution in [0.1, 0.15) is 145 Å². The van der Waals surface area contributed by atoms with Gasteiger partial charge in [0.1, 0.15) is 12.2 Å². The molecule has 0 aliphatic carbocycles. The first-order valence-corrected chi connectivity index (χ1v) is 25.2. The number of nitrogens with zero attached hydrogens (tertiary/aromatic N) is 1. The summed E-state index contributed by atoms with van der Waals surface area (Å²) in [4.78, 5) is 17.3.